The number of hydrogen-bond donors (Lipinski definition) is 1. The molecule has 1 N–H and O–H groups in total. The number of ether oxygens (including phenoxy) is 2. The number of nitro benzene ring substituents is 1. The van der Waals surface area contributed by atoms with Crippen LogP contribution in [0, 0.1) is 10.1 Å². The Morgan fingerprint density at radius 3 is 2.18 bits per heavy atom. The molecule has 1 fully saturated rings. The highest BCUT2D eigenvalue weighted by atomic mass is 33.1. The molecule has 1 heterocycles. The van der Waals surface area contributed by atoms with E-state index in [1.54, 1.807) is 36.4 Å². The van der Waals surface area contributed by atoms with Crippen LogP contribution in [0.5, 0.6) is 0 Å². The van der Waals surface area contributed by atoms with Gasteiger partial charge in [0.2, 0.25) is 14.8 Å². The van der Waals surface area contributed by atoms with Crippen molar-refractivity contribution in [1.29, 1.82) is 0 Å². The smallest absolute Gasteiger partial charge is 0.333 e. The quantitative estimate of drug-likeness (QED) is 0.0557. The molecule has 3 unspecified atom stereocenters. The van der Waals surface area contributed by atoms with Gasteiger partial charge in [0.15, 0.2) is 11.4 Å². The highest BCUT2D eigenvalue weighted by Gasteiger charge is 2.67. The van der Waals surface area contributed by atoms with Crippen LogP contribution in [0.2, 0.25) is 0 Å². The Balaban J connectivity index is 1.64. The van der Waals surface area contributed by atoms with E-state index in [0.29, 0.717) is 21.9 Å². The third-order valence-electron chi connectivity index (χ3n) is 6.75. The van der Waals surface area contributed by atoms with Crippen molar-refractivity contribution in [3.63, 3.8) is 0 Å². The maximum absolute atomic E-state index is 13.8. The van der Waals surface area contributed by atoms with Crippen LogP contribution in [0.1, 0.15) is 18.1 Å². The summed E-state index contributed by atoms with van der Waals surface area (Å²) in [7, 11) is -2.65. The van der Waals surface area contributed by atoms with Crippen LogP contribution in [0.15, 0.2) is 102 Å². The summed E-state index contributed by atoms with van der Waals surface area (Å²) in [6, 6.07) is 20.1. The van der Waals surface area contributed by atoms with Crippen LogP contribution in [-0.2, 0) is 45.8 Å². The summed E-state index contributed by atoms with van der Waals surface area (Å²) >= 11 is 0. The maximum Gasteiger partial charge on any atom is 0.333 e. The van der Waals surface area contributed by atoms with Gasteiger partial charge in [-0.1, -0.05) is 55.1 Å². The van der Waals surface area contributed by atoms with Gasteiger partial charge in [0.25, 0.3) is 17.3 Å². The molecule has 230 valence electrons. The topological polar surface area (TPSA) is 162 Å². The second kappa shape index (κ2) is 13.4. The molecular weight excluding hydrogens is 610 g/mol. The van der Waals surface area contributed by atoms with Crippen molar-refractivity contribution in [2.75, 3.05) is 7.11 Å². The second-order valence-electron chi connectivity index (χ2n) is 9.86. The molecule has 4 rings (SSSR count). The average Bonchev–Trinajstić information content (AvgIpc) is 3.01. The minimum absolute atomic E-state index is 0.0578. The molecule has 3 atom stereocenters. The SMILES string of the molecule is C=C(C)C(C(=O)OCc1ccc([N+](=O)[O-])cc1)N1C(=O)C(NC(=O)Cc2ccccc2)(OC)C1SS(=O)(=O)c1ccccc1. The van der Waals surface area contributed by atoms with Crippen LogP contribution >= 0.6 is 10.8 Å². The van der Waals surface area contributed by atoms with E-state index in [-0.39, 0.29) is 29.2 Å². The van der Waals surface area contributed by atoms with Crippen LogP contribution in [-0.4, -0.2) is 60.3 Å². The van der Waals surface area contributed by atoms with Gasteiger partial charge in [0.05, 0.1) is 16.2 Å². The van der Waals surface area contributed by atoms with Crippen molar-refractivity contribution in [1.82, 2.24) is 10.2 Å². The van der Waals surface area contributed by atoms with E-state index >= 15 is 0 Å². The van der Waals surface area contributed by atoms with Gasteiger partial charge in [-0.25, -0.2) is 13.2 Å². The van der Waals surface area contributed by atoms with Crippen molar-refractivity contribution in [2.45, 2.75) is 42.0 Å². The van der Waals surface area contributed by atoms with Gasteiger partial charge in [-0.3, -0.25) is 19.7 Å². The van der Waals surface area contributed by atoms with Crippen LogP contribution in [0.4, 0.5) is 5.69 Å². The molecule has 12 nitrogen and oxygen atoms in total. The van der Waals surface area contributed by atoms with Gasteiger partial charge in [-0.15, -0.1) is 0 Å². The number of non-ortho nitro benzene ring substituents is 1. The van der Waals surface area contributed by atoms with E-state index in [1.165, 1.54) is 55.5 Å². The zero-order chi connectivity index (χ0) is 32.1. The van der Waals surface area contributed by atoms with Crippen molar-refractivity contribution >= 4 is 43.1 Å². The molecule has 44 heavy (non-hydrogen) atoms. The first-order chi connectivity index (χ1) is 20.9. The minimum atomic E-state index is -4.15. The number of carbonyl (C=O) groups is 3. The highest BCUT2D eigenvalue weighted by molar-refractivity contribution is 8.72. The molecule has 0 saturated carbocycles. The number of rotatable bonds is 13. The zero-order valence-corrected chi connectivity index (χ0v) is 25.4. The van der Waals surface area contributed by atoms with E-state index in [1.807, 2.05) is 0 Å². The number of β-lactam (4-membered cyclic amide) rings is 1. The number of esters is 1. The Kier molecular flexibility index (Phi) is 9.87. The van der Waals surface area contributed by atoms with Gasteiger partial charge >= 0.3 is 5.97 Å². The Morgan fingerprint density at radius 1 is 1.05 bits per heavy atom. The third kappa shape index (κ3) is 6.82. The summed E-state index contributed by atoms with van der Waals surface area (Å²) in [6.07, 6.45) is -0.122. The fourth-order valence-electron chi connectivity index (χ4n) is 4.55. The maximum atomic E-state index is 13.8. The van der Waals surface area contributed by atoms with E-state index in [0.717, 1.165) is 12.0 Å². The molecule has 1 aliphatic rings. The summed E-state index contributed by atoms with van der Waals surface area (Å²) in [4.78, 5) is 51.6. The molecule has 3 aromatic carbocycles. The van der Waals surface area contributed by atoms with E-state index in [4.69, 9.17) is 9.47 Å². The molecule has 1 aliphatic heterocycles. The van der Waals surface area contributed by atoms with Crippen molar-refractivity contribution in [3.8, 4) is 0 Å². The van der Waals surface area contributed by atoms with Gasteiger partial charge in [0.1, 0.15) is 6.61 Å². The van der Waals surface area contributed by atoms with Crippen molar-refractivity contribution in [2.24, 2.45) is 0 Å². The lowest BCUT2D eigenvalue weighted by atomic mass is 9.95. The fourth-order valence-corrected chi connectivity index (χ4v) is 8.16. The Morgan fingerprint density at radius 2 is 1.64 bits per heavy atom. The molecule has 0 aromatic heterocycles. The van der Waals surface area contributed by atoms with Crippen LogP contribution < -0.4 is 5.32 Å². The number of carbonyl (C=O) groups excluding carboxylic acids is 3. The largest absolute Gasteiger partial charge is 0.459 e. The molecule has 3 aromatic rings. The van der Waals surface area contributed by atoms with Gasteiger partial charge < -0.3 is 19.7 Å². The minimum Gasteiger partial charge on any atom is -0.459 e. The first kappa shape index (κ1) is 32.4. The zero-order valence-electron chi connectivity index (χ0n) is 23.7. The first-order valence-corrected chi connectivity index (χ1v) is 16.0. The second-order valence-corrected chi connectivity index (χ2v) is 13.8. The Labute approximate surface area is 257 Å². The predicted molar refractivity (Wildman–Crippen MR) is 161 cm³/mol. The molecule has 2 amide bonds. The lowest BCUT2D eigenvalue weighted by Gasteiger charge is -2.55. The third-order valence-corrected chi connectivity index (χ3v) is 10.5. The lowest BCUT2D eigenvalue weighted by molar-refractivity contribution is -0.384. The average molecular weight is 640 g/mol. The summed E-state index contributed by atoms with van der Waals surface area (Å²) in [6.45, 7) is 5.01. The number of benzene rings is 3. The number of nitro groups is 1. The number of hydrogen-bond acceptors (Lipinski definition) is 10. The Hall–Kier alpha value is -4.53. The molecular formula is C30H29N3O9S2. The van der Waals surface area contributed by atoms with E-state index < -0.39 is 48.7 Å². The first-order valence-electron chi connectivity index (χ1n) is 13.2. The van der Waals surface area contributed by atoms with E-state index in [9.17, 15) is 32.9 Å². The monoisotopic (exact) mass is 639 g/mol. The number of amides is 2. The molecule has 0 spiro atoms. The van der Waals surface area contributed by atoms with Crippen LogP contribution in [0.25, 0.3) is 0 Å². The number of likely N-dealkylation sites (tertiary alicyclic amines) is 1. The van der Waals surface area contributed by atoms with Gasteiger partial charge in [-0.05, 0) is 47.9 Å². The summed E-state index contributed by atoms with van der Waals surface area (Å²) < 4.78 is 37.9. The van der Waals surface area contributed by atoms with Crippen LogP contribution in [0.3, 0.4) is 0 Å². The van der Waals surface area contributed by atoms with Gasteiger partial charge in [0, 0.05) is 30.0 Å². The molecule has 1 saturated heterocycles. The van der Waals surface area contributed by atoms with Crippen molar-refractivity contribution in [3.05, 3.63) is 118 Å². The van der Waals surface area contributed by atoms with Gasteiger partial charge in [-0.2, -0.15) is 0 Å². The normalized spacial score (nSPS) is 18.5. The van der Waals surface area contributed by atoms with Crippen molar-refractivity contribution < 1.29 is 37.2 Å². The lowest BCUT2D eigenvalue weighted by Crippen LogP contribution is -2.82. The summed E-state index contributed by atoms with van der Waals surface area (Å²) in [5.74, 6) is -2.41. The number of methoxy groups -OCH3 is 1. The fraction of sp³-hybridized carbons (Fsp3) is 0.233. The predicted octanol–water partition coefficient (Wildman–Crippen LogP) is 3.57. The Bertz CT molecular complexity index is 1670. The summed E-state index contributed by atoms with van der Waals surface area (Å²) in [5, 5.41) is 12.1. The molecule has 0 aliphatic carbocycles. The molecule has 14 heteroatoms. The molecule has 0 radical (unpaired) electrons. The standard InChI is InChI=1S/C30H29N3O9S2/c1-20(2)26(27(35)42-19-22-14-16-23(17-15-22)33(37)38)32-28(36)30(41-3,31-25(34)18-21-10-6-4-7-11-21)29(32)43-44(39,40)24-12-8-5-9-13-24/h4-17,26,29H,1,18-19H2,2-3H3,(H,31,34). The summed E-state index contributed by atoms with van der Waals surface area (Å²) in [5.41, 5.74) is -1.03. The highest BCUT2D eigenvalue weighted by Crippen LogP contribution is 2.46. The van der Waals surface area contributed by atoms with E-state index in [2.05, 4.69) is 11.9 Å². The number of nitrogens with zero attached hydrogens (tertiary/aromatic N) is 2. The number of nitrogens with one attached hydrogen (secondary N) is 1. The molecule has 0 bridgehead atoms.